The summed E-state index contributed by atoms with van der Waals surface area (Å²) in [5.74, 6) is -4.11. The van der Waals surface area contributed by atoms with Crippen molar-refractivity contribution < 1.29 is 48.1 Å². The van der Waals surface area contributed by atoms with Gasteiger partial charge in [0.25, 0.3) is 11.8 Å². The topological polar surface area (TPSA) is 192 Å². The molecule has 15 nitrogen and oxygen atoms in total. The zero-order valence-electron chi connectivity index (χ0n) is 39.2. The molecule has 1 aromatic carbocycles. The second kappa shape index (κ2) is 24.2. The fraction of sp³-hybridized carbons (Fsp3) is 0.646. The van der Waals surface area contributed by atoms with Crippen LogP contribution < -0.4 is 10.6 Å². The van der Waals surface area contributed by atoms with E-state index in [-0.39, 0.29) is 84.6 Å². The number of carbonyl (C=O) groups excluding carboxylic acids is 7. The molecule has 2 heterocycles. The molecule has 63 heavy (non-hydrogen) atoms. The Morgan fingerprint density at radius 1 is 0.968 bits per heavy atom. The molecular formula is C48H73N5O10. The molecule has 1 saturated heterocycles. The van der Waals surface area contributed by atoms with Crippen LogP contribution in [0.3, 0.4) is 0 Å². The number of hydrogen-bond donors (Lipinski definition) is 3. The van der Waals surface area contributed by atoms with Crippen molar-refractivity contribution in [3.8, 4) is 0 Å². The zero-order valence-corrected chi connectivity index (χ0v) is 39.2. The van der Waals surface area contributed by atoms with Gasteiger partial charge in [0.05, 0.1) is 48.2 Å². The number of nitrogens with zero attached hydrogens (tertiary/aromatic N) is 3. The Labute approximate surface area is 374 Å². The van der Waals surface area contributed by atoms with E-state index >= 15 is 0 Å². The number of aliphatic hydroxyl groups is 1. The average molecular weight is 880 g/mol. The van der Waals surface area contributed by atoms with Gasteiger partial charge in [0.1, 0.15) is 5.76 Å². The molecule has 8 atom stereocenters. The van der Waals surface area contributed by atoms with E-state index in [9.17, 15) is 38.7 Å². The fourth-order valence-corrected chi connectivity index (χ4v) is 8.72. The maximum atomic E-state index is 14.5. The Morgan fingerprint density at radius 3 is 2.16 bits per heavy atom. The van der Waals surface area contributed by atoms with Crippen LogP contribution in [0.4, 0.5) is 0 Å². The van der Waals surface area contributed by atoms with Crippen LogP contribution in [0.15, 0.2) is 54.8 Å². The molecular weight excluding hydrogens is 807 g/mol. The highest BCUT2D eigenvalue weighted by Gasteiger charge is 2.44. The Kier molecular flexibility index (Phi) is 20.2. The average Bonchev–Trinajstić information content (AvgIpc) is 3.85. The van der Waals surface area contributed by atoms with Crippen molar-refractivity contribution in [2.45, 2.75) is 142 Å². The molecule has 0 bridgehead atoms. The fourth-order valence-electron chi connectivity index (χ4n) is 8.72. The third kappa shape index (κ3) is 14.3. The third-order valence-electron chi connectivity index (χ3n) is 12.9. The molecule has 0 unspecified atom stereocenters. The van der Waals surface area contributed by atoms with E-state index in [1.807, 2.05) is 58.0 Å². The first-order valence-corrected chi connectivity index (χ1v) is 22.4. The number of benzene rings is 1. The summed E-state index contributed by atoms with van der Waals surface area (Å²) in [6.45, 7) is 17.1. The number of amides is 6. The molecule has 0 aromatic heterocycles. The summed E-state index contributed by atoms with van der Waals surface area (Å²) in [7, 11) is 4.74. The second-order valence-electron chi connectivity index (χ2n) is 18.1. The minimum atomic E-state index is -1.27. The molecule has 1 fully saturated rings. The van der Waals surface area contributed by atoms with Crippen molar-refractivity contribution in [3.05, 3.63) is 60.4 Å². The van der Waals surface area contributed by atoms with E-state index in [2.05, 4.69) is 17.2 Å². The van der Waals surface area contributed by atoms with Gasteiger partial charge in [-0.1, -0.05) is 78.0 Å². The van der Waals surface area contributed by atoms with Gasteiger partial charge in [-0.2, -0.15) is 0 Å². The zero-order chi connectivity index (χ0) is 47.2. The van der Waals surface area contributed by atoms with Gasteiger partial charge in [0, 0.05) is 65.3 Å². The van der Waals surface area contributed by atoms with Gasteiger partial charge in [-0.15, -0.1) is 0 Å². The number of aliphatic hydroxyl groups excluding tert-OH is 1. The number of nitrogens with one attached hydrogen (secondary N) is 2. The third-order valence-corrected chi connectivity index (χ3v) is 12.9. The summed E-state index contributed by atoms with van der Waals surface area (Å²) >= 11 is 0. The molecule has 0 aliphatic carbocycles. The molecule has 350 valence electrons. The maximum absolute atomic E-state index is 14.5. The van der Waals surface area contributed by atoms with Crippen molar-refractivity contribution in [1.29, 1.82) is 0 Å². The molecule has 1 aromatic rings. The summed E-state index contributed by atoms with van der Waals surface area (Å²) < 4.78 is 12.0. The number of Topliss-reactive ketones (excluding diaryl/α,β-unsaturated/α-hetero) is 1. The number of methoxy groups -OCH3 is 2. The van der Waals surface area contributed by atoms with Gasteiger partial charge in [0.15, 0.2) is 5.78 Å². The highest BCUT2D eigenvalue weighted by molar-refractivity contribution is 6.12. The van der Waals surface area contributed by atoms with Crippen LogP contribution in [-0.4, -0.2) is 131 Å². The summed E-state index contributed by atoms with van der Waals surface area (Å²) in [5.41, 5.74) is -0.347. The Hall–Kier alpha value is -4.89. The minimum Gasteiger partial charge on any atom is -0.511 e. The van der Waals surface area contributed by atoms with Crippen LogP contribution in [0.5, 0.6) is 0 Å². The summed E-state index contributed by atoms with van der Waals surface area (Å²) in [6, 6.07) is 7.83. The van der Waals surface area contributed by atoms with Crippen molar-refractivity contribution >= 4 is 41.2 Å². The van der Waals surface area contributed by atoms with Crippen LogP contribution in [0.25, 0.3) is 0 Å². The quantitative estimate of drug-likeness (QED) is 0.0654. The van der Waals surface area contributed by atoms with Gasteiger partial charge in [-0.3, -0.25) is 38.5 Å². The number of likely N-dealkylation sites (N-methyl/N-ethyl adjacent to an activating group) is 1. The van der Waals surface area contributed by atoms with E-state index in [1.165, 1.54) is 26.4 Å². The molecule has 3 N–H and O–H groups in total. The lowest BCUT2D eigenvalue weighted by Gasteiger charge is -2.41. The van der Waals surface area contributed by atoms with Crippen LogP contribution in [0, 0.1) is 23.7 Å². The number of ketones is 1. The first-order valence-electron chi connectivity index (χ1n) is 22.4. The van der Waals surface area contributed by atoms with E-state index in [0.717, 1.165) is 10.5 Å². The second-order valence-corrected chi connectivity index (χ2v) is 18.1. The lowest BCUT2D eigenvalue weighted by Crippen LogP contribution is -2.55. The van der Waals surface area contributed by atoms with Gasteiger partial charge in [0.2, 0.25) is 23.6 Å². The number of carbonyl (C=O) groups is 7. The maximum Gasteiger partial charge on any atom is 0.253 e. The number of likely N-dealkylation sites (tertiary alicyclic amines) is 1. The largest absolute Gasteiger partial charge is 0.511 e. The van der Waals surface area contributed by atoms with Crippen molar-refractivity contribution in [1.82, 2.24) is 25.3 Å². The molecule has 6 amide bonds. The molecule has 15 heteroatoms. The summed E-state index contributed by atoms with van der Waals surface area (Å²) in [6.07, 6.45) is 4.24. The standard InChI is InChI=1S/C48H73N5O10/c1-12-31(4)44(51(9)47(61)35(30(2)3)28-39(55)48(7,8)50-40(56)22-16-17-25-53-41(57)23-24-42(53)58)38(62-10)29-43(59)52-26-18-21-37(52)45(63-11)32(5)46(60)49-36(33(6)54)27-34-19-14-13-15-20-34/h13-15,19-20,23-24,30-32,35-38,44-45,54H,6,12,16-18,21-22,25-29H2,1-5,7-11H3,(H,49,60)(H,50,56)/t31-,32+,35-,36-,37-,38+,44-,45+/m0/s1. The Morgan fingerprint density at radius 2 is 1.60 bits per heavy atom. The molecule has 2 aliphatic heterocycles. The van der Waals surface area contributed by atoms with E-state index < -0.39 is 47.7 Å². The first kappa shape index (κ1) is 52.5. The lowest BCUT2D eigenvalue weighted by molar-refractivity contribution is -0.149. The first-order chi connectivity index (χ1) is 29.7. The minimum absolute atomic E-state index is 0.0357. The smallest absolute Gasteiger partial charge is 0.253 e. The van der Waals surface area contributed by atoms with Gasteiger partial charge in [-0.05, 0) is 63.4 Å². The van der Waals surface area contributed by atoms with Crippen LogP contribution >= 0.6 is 0 Å². The van der Waals surface area contributed by atoms with Crippen molar-refractivity contribution in [3.63, 3.8) is 0 Å². The van der Waals surface area contributed by atoms with Crippen LogP contribution in [0.2, 0.25) is 0 Å². The number of imide groups is 1. The van der Waals surface area contributed by atoms with Crippen molar-refractivity contribution in [2.24, 2.45) is 23.7 Å². The Bertz CT molecular complexity index is 1780. The Balaban J connectivity index is 1.69. The van der Waals surface area contributed by atoms with E-state index in [4.69, 9.17) is 9.47 Å². The molecule has 0 saturated carbocycles. The molecule has 3 rings (SSSR count). The van der Waals surface area contributed by atoms with Gasteiger partial charge in [-0.25, -0.2) is 0 Å². The van der Waals surface area contributed by atoms with Crippen LogP contribution in [-0.2, 0) is 49.5 Å². The summed E-state index contributed by atoms with van der Waals surface area (Å²) in [5, 5.41) is 16.1. The number of unbranched alkanes of at least 4 members (excludes halogenated alkanes) is 1. The monoisotopic (exact) mass is 880 g/mol. The predicted molar refractivity (Wildman–Crippen MR) is 240 cm³/mol. The van der Waals surface area contributed by atoms with E-state index in [1.54, 1.807) is 37.6 Å². The van der Waals surface area contributed by atoms with E-state index in [0.29, 0.717) is 45.1 Å². The number of rotatable bonds is 26. The molecule has 0 radical (unpaired) electrons. The SMILES string of the molecule is C=C(O)[C@H](Cc1ccccc1)NC(=O)[C@H](C)[C@@H](OC)[C@@H]1CCCN1C(=O)C[C@@H](OC)[C@H]([C@@H](C)CC)N(C)C(=O)[C@@H](CC(=O)C(C)(C)NC(=O)CCCCN1C(=O)C=CC1=O)C(C)C. The number of hydrogen-bond acceptors (Lipinski definition) is 10. The lowest BCUT2D eigenvalue weighted by atomic mass is 9.82. The molecule has 0 spiro atoms. The van der Waals surface area contributed by atoms with Crippen LogP contribution in [0.1, 0.15) is 105 Å². The van der Waals surface area contributed by atoms with Gasteiger partial charge >= 0.3 is 0 Å². The van der Waals surface area contributed by atoms with Crippen molar-refractivity contribution in [2.75, 3.05) is 34.4 Å². The highest BCUT2D eigenvalue weighted by atomic mass is 16.5. The van der Waals surface area contributed by atoms with Gasteiger partial charge < -0.3 is 35.0 Å². The normalized spacial score (nSPS) is 18.7. The molecule has 2 aliphatic rings. The number of ether oxygens (including phenoxy) is 2. The highest BCUT2D eigenvalue weighted by Crippen LogP contribution is 2.31. The summed E-state index contributed by atoms with van der Waals surface area (Å²) in [4.78, 5) is 97.3. The predicted octanol–water partition coefficient (Wildman–Crippen LogP) is 4.93.